The lowest BCUT2D eigenvalue weighted by Crippen LogP contribution is -2.36. The highest BCUT2D eigenvalue weighted by Crippen LogP contribution is 2.62. The summed E-state index contributed by atoms with van der Waals surface area (Å²) in [6.07, 6.45) is 2.83. The van der Waals surface area contributed by atoms with Crippen LogP contribution in [0.5, 0.6) is 0 Å². The van der Waals surface area contributed by atoms with E-state index in [4.69, 9.17) is 0 Å². The Morgan fingerprint density at radius 1 is 1.25 bits per heavy atom. The van der Waals surface area contributed by atoms with E-state index in [1.807, 2.05) is 6.07 Å². The SMILES string of the molecule is O=c1[nH]nc(C2CCCCN2C[C@H]2[C@H](c3ccccc3)C2(F)F)[nH]1. The van der Waals surface area contributed by atoms with E-state index in [9.17, 15) is 13.6 Å². The first-order valence-electron chi connectivity index (χ1n) is 8.39. The molecule has 0 bridgehead atoms. The first-order chi connectivity index (χ1) is 11.6. The Morgan fingerprint density at radius 3 is 2.75 bits per heavy atom. The molecule has 1 aliphatic heterocycles. The van der Waals surface area contributed by atoms with E-state index in [-0.39, 0.29) is 11.7 Å². The van der Waals surface area contributed by atoms with E-state index in [0.717, 1.165) is 25.8 Å². The average Bonchev–Trinajstić information content (AvgIpc) is 2.91. The van der Waals surface area contributed by atoms with E-state index >= 15 is 0 Å². The van der Waals surface area contributed by atoms with E-state index < -0.39 is 17.8 Å². The summed E-state index contributed by atoms with van der Waals surface area (Å²) < 4.78 is 28.7. The second-order valence-electron chi connectivity index (χ2n) is 6.74. The highest BCUT2D eigenvalue weighted by molar-refractivity contribution is 5.32. The number of H-pyrrole nitrogens is 2. The predicted molar refractivity (Wildman–Crippen MR) is 85.0 cm³/mol. The van der Waals surface area contributed by atoms with Crippen LogP contribution in [0.25, 0.3) is 0 Å². The van der Waals surface area contributed by atoms with E-state index in [1.165, 1.54) is 0 Å². The van der Waals surface area contributed by atoms with Gasteiger partial charge in [0.1, 0.15) is 5.82 Å². The summed E-state index contributed by atoms with van der Waals surface area (Å²) in [5.74, 6) is -3.49. The van der Waals surface area contributed by atoms with Crippen molar-refractivity contribution in [3.63, 3.8) is 0 Å². The molecular weight excluding hydrogens is 314 g/mol. The molecule has 1 unspecified atom stereocenters. The molecule has 2 aromatic rings. The summed E-state index contributed by atoms with van der Waals surface area (Å²) in [6.45, 7) is 1.08. The Kier molecular flexibility index (Phi) is 3.75. The Bertz CT molecular complexity index is 757. The number of aromatic nitrogens is 3. The van der Waals surface area contributed by atoms with Crippen molar-refractivity contribution in [1.29, 1.82) is 0 Å². The zero-order valence-corrected chi connectivity index (χ0v) is 13.2. The van der Waals surface area contributed by atoms with Gasteiger partial charge in [-0.15, -0.1) is 0 Å². The highest BCUT2D eigenvalue weighted by Gasteiger charge is 2.68. The summed E-state index contributed by atoms with van der Waals surface area (Å²) in [5, 5.41) is 6.38. The second kappa shape index (κ2) is 5.81. The first-order valence-corrected chi connectivity index (χ1v) is 8.39. The number of hydrogen-bond acceptors (Lipinski definition) is 3. The standard InChI is InChI=1S/C17H20F2N4O/c18-17(19)12(14(17)11-6-2-1-3-7-11)10-23-9-5-4-8-13(23)15-20-16(24)22-21-15/h1-3,6-7,12-14H,4-5,8-10H2,(H2,20,21,22,24)/t12-,13?,14-/m0/s1. The van der Waals surface area contributed by atoms with Crippen molar-refractivity contribution in [2.75, 3.05) is 13.1 Å². The van der Waals surface area contributed by atoms with Crippen molar-refractivity contribution >= 4 is 0 Å². The van der Waals surface area contributed by atoms with Crippen molar-refractivity contribution in [3.8, 4) is 0 Å². The third-order valence-corrected chi connectivity index (χ3v) is 5.24. The van der Waals surface area contributed by atoms with Gasteiger partial charge in [-0.05, 0) is 24.9 Å². The van der Waals surface area contributed by atoms with Gasteiger partial charge >= 0.3 is 5.69 Å². The molecule has 2 fully saturated rings. The topological polar surface area (TPSA) is 64.8 Å². The third-order valence-electron chi connectivity index (χ3n) is 5.24. The number of alkyl halides is 2. The Balaban J connectivity index is 1.52. The van der Waals surface area contributed by atoms with E-state index in [2.05, 4.69) is 20.1 Å². The van der Waals surface area contributed by atoms with Gasteiger partial charge in [0.05, 0.1) is 12.0 Å². The minimum Gasteiger partial charge on any atom is -0.293 e. The molecule has 2 heterocycles. The van der Waals surface area contributed by atoms with Gasteiger partial charge in [-0.3, -0.25) is 9.88 Å². The van der Waals surface area contributed by atoms with Crippen LogP contribution >= 0.6 is 0 Å². The van der Waals surface area contributed by atoms with Crippen molar-refractivity contribution in [1.82, 2.24) is 20.1 Å². The maximum Gasteiger partial charge on any atom is 0.340 e. The number of hydrogen-bond donors (Lipinski definition) is 2. The maximum absolute atomic E-state index is 14.3. The first kappa shape index (κ1) is 15.5. The van der Waals surface area contributed by atoms with Gasteiger partial charge < -0.3 is 0 Å². The third kappa shape index (κ3) is 2.66. The fourth-order valence-electron chi connectivity index (χ4n) is 3.95. The quantitative estimate of drug-likeness (QED) is 0.903. The lowest BCUT2D eigenvalue weighted by molar-refractivity contribution is 0.0672. The van der Waals surface area contributed by atoms with Crippen LogP contribution in [0, 0.1) is 5.92 Å². The number of aromatic amines is 2. The minimum atomic E-state index is -2.66. The number of piperidine rings is 1. The molecular formula is C17H20F2N4O. The molecule has 4 rings (SSSR count). The highest BCUT2D eigenvalue weighted by atomic mass is 19.3. The summed E-state index contributed by atoms with van der Waals surface area (Å²) in [5.41, 5.74) is 0.351. The molecule has 1 saturated heterocycles. The number of halogens is 2. The molecule has 3 atom stereocenters. The second-order valence-corrected chi connectivity index (χ2v) is 6.74. The summed E-state index contributed by atoms with van der Waals surface area (Å²) >= 11 is 0. The van der Waals surface area contributed by atoms with Gasteiger partial charge in [-0.25, -0.2) is 18.7 Å². The molecule has 0 radical (unpaired) electrons. The van der Waals surface area contributed by atoms with Crippen LogP contribution in [0.15, 0.2) is 35.1 Å². The fourth-order valence-corrected chi connectivity index (χ4v) is 3.95. The van der Waals surface area contributed by atoms with Crippen LogP contribution in [0.3, 0.4) is 0 Å². The summed E-state index contributed by atoms with van der Waals surface area (Å²) in [6, 6.07) is 8.91. The van der Waals surface area contributed by atoms with Gasteiger partial charge in [0.25, 0.3) is 5.92 Å². The van der Waals surface area contributed by atoms with Gasteiger partial charge in [0.2, 0.25) is 0 Å². The van der Waals surface area contributed by atoms with Crippen LogP contribution in [-0.2, 0) is 0 Å². The molecule has 0 amide bonds. The predicted octanol–water partition coefficient (Wildman–Crippen LogP) is 2.67. The van der Waals surface area contributed by atoms with Crippen LogP contribution in [-0.4, -0.2) is 39.1 Å². The van der Waals surface area contributed by atoms with Gasteiger partial charge in [0, 0.05) is 12.5 Å². The van der Waals surface area contributed by atoms with Crippen LogP contribution < -0.4 is 5.69 Å². The molecule has 1 aromatic heterocycles. The fraction of sp³-hybridized carbons (Fsp3) is 0.529. The Labute approximate surface area is 138 Å². The van der Waals surface area contributed by atoms with Crippen molar-refractivity contribution < 1.29 is 8.78 Å². The van der Waals surface area contributed by atoms with E-state index in [0.29, 0.717) is 17.9 Å². The molecule has 24 heavy (non-hydrogen) atoms. The monoisotopic (exact) mass is 334 g/mol. The smallest absolute Gasteiger partial charge is 0.293 e. The molecule has 1 saturated carbocycles. The molecule has 0 spiro atoms. The van der Waals surface area contributed by atoms with E-state index in [1.54, 1.807) is 24.3 Å². The van der Waals surface area contributed by atoms with Gasteiger partial charge in [0.15, 0.2) is 0 Å². The molecule has 7 heteroatoms. The number of nitrogens with one attached hydrogen (secondary N) is 2. The number of benzene rings is 1. The molecule has 1 aliphatic carbocycles. The van der Waals surface area contributed by atoms with Crippen molar-refractivity contribution in [3.05, 3.63) is 52.2 Å². The Morgan fingerprint density at radius 2 is 2.04 bits per heavy atom. The molecule has 128 valence electrons. The van der Waals surface area contributed by atoms with Crippen LogP contribution in [0.1, 0.15) is 42.6 Å². The molecule has 5 nitrogen and oxygen atoms in total. The molecule has 1 aromatic carbocycles. The lowest BCUT2D eigenvalue weighted by Gasteiger charge is -2.34. The number of likely N-dealkylation sites (tertiary alicyclic amines) is 1. The maximum atomic E-state index is 14.3. The van der Waals surface area contributed by atoms with Crippen LogP contribution in [0.4, 0.5) is 8.78 Å². The Hall–Kier alpha value is -2.02. The average molecular weight is 334 g/mol. The molecule has 2 N–H and O–H groups in total. The minimum absolute atomic E-state index is 0.0921. The van der Waals surface area contributed by atoms with Gasteiger partial charge in [-0.2, -0.15) is 5.10 Å². The van der Waals surface area contributed by atoms with Gasteiger partial charge in [-0.1, -0.05) is 36.8 Å². The largest absolute Gasteiger partial charge is 0.340 e. The van der Waals surface area contributed by atoms with Crippen molar-refractivity contribution in [2.45, 2.75) is 37.1 Å². The number of nitrogens with zero attached hydrogens (tertiary/aromatic N) is 2. The zero-order chi connectivity index (χ0) is 16.7. The molecule has 2 aliphatic rings. The normalized spacial score (nSPS) is 29.5. The zero-order valence-electron chi connectivity index (χ0n) is 13.2. The number of rotatable bonds is 4. The summed E-state index contributed by atoms with van der Waals surface area (Å²) in [4.78, 5) is 16.0. The van der Waals surface area contributed by atoms with Crippen LogP contribution in [0.2, 0.25) is 0 Å². The lowest BCUT2D eigenvalue weighted by atomic mass is 10.0. The van der Waals surface area contributed by atoms with Crippen molar-refractivity contribution in [2.24, 2.45) is 5.92 Å². The summed E-state index contributed by atoms with van der Waals surface area (Å²) in [7, 11) is 0.